The number of hydrogen-bond donors (Lipinski definition) is 1. The lowest BCUT2D eigenvalue weighted by Crippen LogP contribution is -2.70. The first kappa shape index (κ1) is 24.2. The van der Waals surface area contributed by atoms with E-state index in [4.69, 9.17) is 4.74 Å². The van der Waals surface area contributed by atoms with Crippen molar-refractivity contribution in [2.24, 2.45) is 0 Å². The zero-order valence-electron chi connectivity index (χ0n) is 19.5. The number of nitrogens with one attached hydrogen (secondary N) is 1. The topological polar surface area (TPSA) is 88.6 Å². The number of aryl methyl sites for hydroxylation is 1. The number of β-lactam (4-membered cyclic amide) rings is 1. The molecule has 0 aliphatic carbocycles. The number of allylic oxidation sites excluding steroid dienone is 1. The van der Waals surface area contributed by atoms with Crippen LogP contribution < -0.4 is 5.32 Å². The number of nitrogens with zero attached hydrogens (tertiary/aromatic N) is 2. The Morgan fingerprint density at radius 3 is 2.62 bits per heavy atom. The molecule has 0 bridgehead atoms. The Balaban J connectivity index is 1.55. The molecule has 0 saturated carbocycles. The van der Waals surface area contributed by atoms with Crippen LogP contribution in [-0.2, 0) is 25.5 Å². The molecule has 1 aromatic heterocycles. The van der Waals surface area contributed by atoms with Crippen molar-refractivity contribution in [1.29, 1.82) is 0 Å². The average Bonchev–Trinajstić information content (AvgIpc) is 3.19. The van der Waals surface area contributed by atoms with Gasteiger partial charge < -0.3 is 10.1 Å². The number of fused-ring (bicyclic) bond motifs is 1. The molecule has 1 fully saturated rings. The number of ether oxygens (including phenoxy) is 1. The van der Waals surface area contributed by atoms with Gasteiger partial charge in [0, 0.05) is 10.6 Å². The quantitative estimate of drug-likeness (QED) is 0.484. The van der Waals surface area contributed by atoms with Crippen LogP contribution >= 0.6 is 23.1 Å². The number of amides is 2. The first-order chi connectivity index (χ1) is 16.1. The van der Waals surface area contributed by atoms with E-state index in [0.717, 1.165) is 16.1 Å². The molecule has 1 N–H and O–H groups in total. The highest BCUT2D eigenvalue weighted by Crippen LogP contribution is 2.41. The van der Waals surface area contributed by atoms with Crippen LogP contribution in [0, 0.1) is 6.92 Å². The summed E-state index contributed by atoms with van der Waals surface area (Å²) in [6.45, 7) is 7.30. The summed E-state index contributed by atoms with van der Waals surface area (Å²) < 4.78 is 5.63. The van der Waals surface area contributed by atoms with Crippen molar-refractivity contribution in [3.05, 3.63) is 69.3 Å². The van der Waals surface area contributed by atoms with Crippen LogP contribution in [0.25, 0.3) is 6.08 Å². The number of thiazole rings is 1. The molecular formula is C25H27N3O4S2. The first-order valence-corrected chi connectivity index (χ1v) is 12.9. The van der Waals surface area contributed by atoms with E-state index in [-0.39, 0.29) is 29.3 Å². The van der Waals surface area contributed by atoms with Gasteiger partial charge in [-0.05, 0) is 44.9 Å². The lowest BCUT2D eigenvalue weighted by molar-refractivity contribution is -0.158. The second kappa shape index (κ2) is 9.76. The van der Waals surface area contributed by atoms with Crippen molar-refractivity contribution >= 4 is 47.0 Å². The van der Waals surface area contributed by atoms with E-state index in [0.29, 0.717) is 11.3 Å². The van der Waals surface area contributed by atoms with Gasteiger partial charge in [0.2, 0.25) is 5.91 Å². The number of hydrogen-bond acceptors (Lipinski definition) is 7. The normalized spacial score (nSPS) is 20.2. The van der Waals surface area contributed by atoms with E-state index in [2.05, 4.69) is 10.3 Å². The molecule has 1 aromatic carbocycles. The predicted octanol–water partition coefficient (Wildman–Crippen LogP) is 3.70. The summed E-state index contributed by atoms with van der Waals surface area (Å²) in [4.78, 5) is 45.5. The van der Waals surface area contributed by atoms with Gasteiger partial charge in [-0.25, -0.2) is 9.78 Å². The number of rotatable bonds is 6. The van der Waals surface area contributed by atoms with Gasteiger partial charge in [-0.2, -0.15) is 0 Å². The van der Waals surface area contributed by atoms with Crippen molar-refractivity contribution in [3.8, 4) is 0 Å². The van der Waals surface area contributed by atoms with E-state index in [9.17, 15) is 14.4 Å². The number of aromatic nitrogens is 1. The average molecular weight is 498 g/mol. The fourth-order valence-corrected chi connectivity index (χ4v) is 5.75. The Morgan fingerprint density at radius 1 is 1.24 bits per heavy atom. The van der Waals surface area contributed by atoms with Gasteiger partial charge in [0.25, 0.3) is 5.91 Å². The third-order valence-corrected chi connectivity index (χ3v) is 7.53. The lowest BCUT2D eigenvalue weighted by Gasteiger charge is -2.49. The second-order valence-electron chi connectivity index (χ2n) is 9.13. The molecule has 2 aromatic rings. The van der Waals surface area contributed by atoms with Gasteiger partial charge in [0.15, 0.2) is 0 Å². The monoisotopic (exact) mass is 497 g/mol. The molecule has 0 radical (unpaired) electrons. The summed E-state index contributed by atoms with van der Waals surface area (Å²) in [5, 5.41) is 2.50. The van der Waals surface area contributed by atoms with E-state index < -0.39 is 17.6 Å². The van der Waals surface area contributed by atoms with Crippen LogP contribution in [0.4, 0.5) is 0 Å². The predicted molar refractivity (Wildman–Crippen MR) is 134 cm³/mol. The molecule has 1 saturated heterocycles. The Labute approximate surface area is 207 Å². The van der Waals surface area contributed by atoms with Gasteiger partial charge in [-0.1, -0.05) is 36.4 Å². The summed E-state index contributed by atoms with van der Waals surface area (Å²) in [7, 11) is 0. The van der Waals surface area contributed by atoms with Crippen molar-refractivity contribution in [3.63, 3.8) is 0 Å². The van der Waals surface area contributed by atoms with E-state index in [1.165, 1.54) is 28.0 Å². The summed E-state index contributed by atoms with van der Waals surface area (Å²) in [5.41, 5.74) is 3.81. The maximum atomic E-state index is 13.1. The SMILES string of the molecule is Cc1ncsc1/C=C/C1=C(C(=O)OC(C)(C)C)N2C(=O)C(NC(=O)Cc3ccccc3)[C@H]2SC1. The maximum Gasteiger partial charge on any atom is 0.355 e. The van der Waals surface area contributed by atoms with Gasteiger partial charge in [0.05, 0.1) is 17.6 Å². The fraction of sp³-hybridized carbons (Fsp3) is 0.360. The molecule has 1 unspecified atom stereocenters. The third kappa shape index (κ3) is 5.26. The maximum absolute atomic E-state index is 13.1. The molecule has 34 heavy (non-hydrogen) atoms. The number of esters is 1. The molecule has 2 aliphatic heterocycles. The Hall–Kier alpha value is -2.91. The van der Waals surface area contributed by atoms with Crippen molar-refractivity contribution in [2.75, 3.05) is 5.75 Å². The first-order valence-electron chi connectivity index (χ1n) is 11.0. The standard InChI is InChI=1S/C25H27N3O4S2/c1-15-18(34-14-26-15)11-10-17-13-33-23-20(27-19(29)12-16-8-6-5-7-9-16)22(30)28(23)21(17)24(31)32-25(2,3)4/h5-11,14,20,23H,12-13H2,1-4H3,(H,27,29)/b11-10+/t20?,23-/m1/s1. The molecule has 2 aliphatic rings. The van der Waals surface area contributed by atoms with Crippen LogP contribution in [0.2, 0.25) is 0 Å². The van der Waals surface area contributed by atoms with E-state index in [1.54, 1.807) is 26.3 Å². The van der Waals surface area contributed by atoms with Gasteiger partial charge in [-0.15, -0.1) is 23.1 Å². The molecule has 2 amide bonds. The van der Waals surface area contributed by atoms with Crippen LogP contribution in [-0.4, -0.2) is 50.4 Å². The molecule has 9 heteroatoms. The second-order valence-corrected chi connectivity index (χ2v) is 11.1. The highest BCUT2D eigenvalue weighted by atomic mass is 32.2. The third-order valence-electron chi connectivity index (χ3n) is 5.33. The Bertz CT molecular complexity index is 1160. The molecule has 3 heterocycles. The molecular weight excluding hydrogens is 470 g/mol. The van der Waals surface area contributed by atoms with Crippen molar-refractivity contribution in [1.82, 2.24) is 15.2 Å². The smallest absolute Gasteiger partial charge is 0.355 e. The fourth-order valence-electron chi connectivity index (χ4n) is 3.74. The molecule has 2 atom stereocenters. The van der Waals surface area contributed by atoms with Crippen LogP contribution in [0.1, 0.15) is 36.9 Å². The van der Waals surface area contributed by atoms with Crippen LogP contribution in [0.3, 0.4) is 0 Å². The molecule has 4 rings (SSSR count). The summed E-state index contributed by atoms with van der Waals surface area (Å²) in [5.74, 6) is -0.554. The number of benzene rings is 1. The van der Waals surface area contributed by atoms with Crippen molar-refractivity contribution < 1.29 is 19.1 Å². The molecule has 178 valence electrons. The number of carbonyl (C=O) groups excluding carboxylic acids is 3. The summed E-state index contributed by atoms with van der Waals surface area (Å²) in [6.07, 6.45) is 3.97. The van der Waals surface area contributed by atoms with E-state index in [1.807, 2.05) is 49.4 Å². The Morgan fingerprint density at radius 2 is 1.97 bits per heavy atom. The largest absolute Gasteiger partial charge is 0.455 e. The van der Waals surface area contributed by atoms with Crippen LogP contribution in [0.15, 0.2) is 53.2 Å². The van der Waals surface area contributed by atoms with Gasteiger partial charge >= 0.3 is 5.97 Å². The van der Waals surface area contributed by atoms with Gasteiger partial charge in [0.1, 0.15) is 22.7 Å². The van der Waals surface area contributed by atoms with Crippen molar-refractivity contribution in [2.45, 2.75) is 51.1 Å². The minimum atomic E-state index is -0.704. The van der Waals surface area contributed by atoms with E-state index >= 15 is 0 Å². The Kier molecular flexibility index (Phi) is 6.95. The minimum Gasteiger partial charge on any atom is -0.455 e. The molecule has 7 nitrogen and oxygen atoms in total. The van der Waals surface area contributed by atoms with Gasteiger partial charge in [-0.3, -0.25) is 14.5 Å². The summed E-state index contributed by atoms with van der Waals surface area (Å²) in [6, 6.07) is 8.70. The molecule has 0 spiro atoms. The zero-order valence-corrected chi connectivity index (χ0v) is 21.2. The minimum absolute atomic E-state index is 0.193. The summed E-state index contributed by atoms with van der Waals surface area (Å²) >= 11 is 3.03. The highest BCUT2D eigenvalue weighted by molar-refractivity contribution is 8.00. The zero-order chi connectivity index (χ0) is 24.5. The highest BCUT2D eigenvalue weighted by Gasteiger charge is 2.54. The van der Waals surface area contributed by atoms with Crippen LogP contribution in [0.5, 0.6) is 0 Å². The number of carbonyl (C=O) groups is 3. The number of thioether (sulfide) groups is 1. The lowest BCUT2D eigenvalue weighted by atomic mass is 10.0.